The quantitative estimate of drug-likeness (QED) is 0.568. The molecule has 0 unspecified atom stereocenters. The number of piperazine rings is 1. The fourth-order valence-corrected chi connectivity index (χ4v) is 3.85. The average Bonchev–Trinajstić information content (AvgIpc) is 3.46. The van der Waals surface area contributed by atoms with Gasteiger partial charge in [0.15, 0.2) is 0 Å². The van der Waals surface area contributed by atoms with Crippen LogP contribution in [0, 0.1) is 11.3 Å². The molecule has 4 heterocycles. The lowest BCUT2D eigenvalue weighted by atomic mass is 10.1. The second kappa shape index (κ2) is 7.54. The normalized spacial score (nSPS) is 14.1. The highest BCUT2D eigenvalue weighted by Crippen LogP contribution is 2.30. The van der Waals surface area contributed by atoms with Crippen molar-refractivity contribution in [2.45, 2.75) is 0 Å². The molecule has 0 atom stereocenters. The maximum atomic E-state index is 9.30. The molecule has 30 heavy (non-hydrogen) atoms. The third-order valence-electron chi connectivity index (χ3n) is 5.41. The van der Waals surface area contributed by atoms with Crippen molar-refractivity contribution in [2.24, 2.45) is 0 Å². The predicted molar refractivity (Wildman–Crippen MR) is 114 cm³/mol. The van der Waals surface area contributed by atoms with E-state index in [2.05, 4.69) is 50.7 Å². The zero-order valence-electron chi connectivity index (χ0n) is 16.6. The van der Waals surface area contributed by atoms with Crippen molar-refractivity contribution in [3.8, 4) is 28.6 Å². The van der Waals surface area contributed by atoms with Crippen molar-refractivity contribution < 1.29 is 4.74 Å². The molecule has 1 saturated heterocycles. The Balaban J connectivity index is 1.50. The minimum atomic E-state index is 0.485. The van der Waals surface area contributed by atoms with Gasteiger partial charge in [0.2, 0.25) is 0 Å². The summed E-state index contributed by atoms with van der Waals surface area (Å²) in [6.07, 6.45) is 7.25. The van der Waals surface area contributed by atoms with E-state index in [-0.39, 0.29) is 0 Å². The van der Waals surface area contributed by atoms with Gasteiger partial charge in [-0.3, -0.25) is 0 Å². The zero-order chi connectivity index (χ0) is 20.5. The summed E-state index contributed by atoms with van der Waals surface area (Å²) in [6.45, 7) is 4.01. The largest absolute Gasteiger partial charge is 0.494 e. The molecular weight excluding hydrogens is 378 g/mol. The van der Waals surface area contributed by atoms with Gasteiger partial charge >= 0.3 is 0 Å². The third-order valence-corrected chi connectivity index (χ3v) is 5.41. The number of nitriles is 1. The molecular formula is C22H21N7O. The Morgan fingerprint density at radius 2 is 1.87 bits per heavy atom. The summed E-state index contributed by atoms with van der Waals surface area (Å²) in [4.78, 5) is 2.38. The molecule has 8 heteroatoms. The van der Waals surface area contributed by atoms with Gasteiger partial charge in [-0.05, 0) is 24.3 Å². The maximum absolute atomic E-state index is 9.30. The number of anilines is 1. The number of rotatable bonds is 4. The van der Waals surface area contributed by atoms with Crippen molar-refractivity contribution in [3.63, 3.8) is 0 Å². The smallest absolute Gasteiger partial charge is 0.146 e. The van der Waals surface area contributed by atoms with E-state index in [0.717, 1.165) is 43.0 Å². The van der Waals surface area contributed by atoms with Crippen molar-refractivity contribution >= 4 is 11.2 Å². The minimum absolute atomic E-state index is 0.485. The summed E-state index contributed by atoms with van der Waals surface area (Å²) in [6, 6.07) is 12.5. The number of benzene rings is 1. The van der Waals surface area contributed by atoms with E-state index in [1.165, 1.54) is 5.69 Å². The molecule has 1 aromatic carbocycles. The summed E-state index contributed by atoms with van der Waals surface area (Å²) >= 11 is 0. The number of nitrogens with one attached hydrogen (secondary N) is 1. The van der Waals surface area contributed by atoms with E-state index in [9.17, 15) is 5.26 Å². The number of ether oxygens (including phenoxy) is 1. The Kier molecular flexibility index (Phi) is 4.58. The first kappa shape index (κ1) is 18.2. The van der Waals surface area contributed by atoms with E-state index in [4.69, 9.17) is 4.74 Å². The lowest BCUT2D eigenvalue weighted by molar-refractivity contribution is 0.417. The molecule has 150 valence electrons. The summed E-state index contributed by atoms with van der Waals surface area (Å²) in [7, 11) is 1.60. The molecule has 8 nitrogen and oxygen atoms in total. The molecule has 0 spiro atoms. The first-order chi connectivity index (χ1) is 14.8. The summed E-state index contributed by atoms with van der Waals surface area (Å²) in [5.41, 5.74) is 5.22. The van der Waals surface area contributed by atoms with E-state index in [0.29, 0.717) is 16.8 Å². The Bertz CT molecular complexity index is 1240. The van der Waals surface area contributed by atoms with E-state index >= 15 is 0 Å². The Morgan fingerprint density at radius 3 is 2.67 bits per heavy atom. The molecule has 1 fully saturated rings. The van der Waals surface area contributed by atoms with Gasteiger partial charge in [-0.15, -0.1) is 0 Å². The van der Waals surface area contributed by atoms with Gasteiger partial charge in [0.25, 0.3) is 0 Å². The number of pyridine rings is 1. The summed E-state index contributed by atoms with van der Waals surface area (Å²) in [5, 5.41) is 21.5. The molecule has 0 amide bonds. The van der Waals surface area contributed by atoms with Gasteiger partial charge < -0.3 is 15.0 Å². The van der Waals surface area contributed by atoms with Gasteiger partial charge in [-0.2, -0.15) is 15.5 Å². The van der Waals surface area contributed by atoms with Crippen LogP contribution in [0.3, 0.4) is 0 Å². The Morgan fingerprint density at radius 1 is 1.03 bits per heavy atom. The molecule has 5 rings (SSSR count). The molecule has 3 aromatic heterocycles. The van der Waals surface area contributed by atoms with Crippen molar-refractivity contribution in [1.82, 2.24) is 24.7 Å². The Hall–Kier alpha value is -3.83. The van der Waals surface area contributed by atoms with E-state index < -0.39 is 0 Å². The van der Waals surface area contributed by atoms with Crippen LogP contribution in [-0.2, 0) is 0 Å². The van der Waals surface area contributed by atoms with E-state index in [1.54, 1.807) is 17.8 Å². The number of methoxy groups -OCH3 is 1. The lowest BCUT2D eigenvalue weighted by Crippen LogP contribution is -2.43. The molecule has 1 aliphatic heterocycles. The summed E-state index contributed by atoms with van der Waals surface area (Å²) < 4.78 is 9.07. The van der Waals surface area contributed by atoms with Gasteiger partial charge in [0.1, 0.15) is 22.9 Å². The van der Waals surface area contributed by atoms with Gasteiger partial charge in [-0.1, -0.05) is 6.07 Å². The first-order valence-corrected chi connectivity index (χ1v) is 9.83. The monoisotopic (exact) mass is 399 g/mol. The fraction of sp³-hybridized carbons (Fsp3) is 0.227. The molecule has 1 aliphatic rings. The van der Waals surface area contributed by atoms with E-state index in [1.807, 2.05) is 29.3 Å². The number of fused-ring (bicyclic) bond motifs is 1. The predicted octanol–water partition coefficient (Wildman–Crippen LogP) is 2.48. The first-order valence-electron chi connectivity index (χ1n) is 9.83. The molecule has 0 bridgehead atoms. The molecule has 0 aliphatic carbocycles. The van der Waals surface area contributed by atoms with Crippen molar-refractivity contribution in [2.75, 3.05) is 38.2 Å². The van der Waals surface area contributed by atoms with Crippen LogP contribution >= 0.6 is 0 Å². The number of nitrogens with zero attached hydrogens (tertiary/aromatic N) is 6. The standard InChI is InChI=1S/C22H21N7O/c1-30-21-9-16(14-29-22(21)17(11-23)12-26-29)18-13-25-28(15-18)20-4-2-3-19(10-20)27-7-5-24-6-8-27/h2-4,9-10,12-15,24H,5-8H2,1H3. The van der Waals surface area contributed by atoms with Crippen molar-refractivity contribution in [1.29, 1.82) is 5.26 Å². The van der Waals surface area contributed by atoms with Crippen molar-refractivity contribution in [3.05, 3.63) is 60.7 Å². The molecule has 0 saturated carbocycles. The van der Waals surface area contributed by atoms with Gasteiger partial charge in [0.05, 0.1) is 25.2 Å². The minimum Gasteiger partial charge on any atom is -0.494 e. The maximum Gasteiger partial charge on any atom is 0.146 e. The average molecular weight is 399 g/mol. The van der Waals surface area contributed by atoms with Crippen LogP contribution in [0.1, 0.15) is 5.56 Å². The number of hydrogen-bond donors (Lipinski definition) is 1. The van der Waals surface area contributed by atoms with Gasteiger partial charge in [0, 0.05) is 55.4 Å². The number of aromatic nitrogens is 4. The van der Waals surface area contributed by atoms with Crippen LogP contribution in [0.4, 0.5) is 5.69 Å². The van der Waals surface area contributed by atoms with Crippen LogP contribution in [0.25, 0.3) is 22.3 Å². The number of hydrogen-bond acceptors (Lipinski definition) is 6. The zero-order valence-corrected chi connectivity index (χ0v) is 16.6. The summed E-state index contributed by atoms with van der Waals surface area (Å²) in [5.74, 6) is 0.606. The second-order valence-corrected chi connectivity index (χ2v) is 7.19. The second-order valence-electron chi connectivity index (χ2n) is 7.19. The molecule has 0 radical (unpaired) electrons. The van der Waals surface area contributed by atoms with Crippen LogP contribution in [-0.4, -0.2) is 52.7 Å². The fourth-order valence-electron chi connectivity index (χ4n) is 3.85. The third kappa shape index (κ3) is 3.15. The Labute approximate surface area is 173 Å². The van der Waals surface area contributed by atoms with Crippen LogP contribution in [0.5, 0.6) is 5.75 Å². The topological polar surface area (TPSA) is 83.4 Å². The lowest BCUT2D eigenvalue weighted by Gasteiger charge is -2.29. The molecule has 4 aromatic rings. The van der Waals surface area contributed by atoms with Gasteiger partial charge in [-0.25, -0.2) is 9.20 Å². The highest BCUT2D eigenvalue weighted by atomic mass is 16.5. The SMILES string of the molecule is COc1cc(-c2cnn(-c3cccc(N4CCNCC4)c3)c2)cn2ncc(C#N)c12. The highest BCUT2D eigenvalue weighted by Gasteiger charge is 2.14. The van der Waals surface area contributed by atoms with Crippen LogP contribution in [0.15, 0.2) is 55.1 Å². The van der Waals surface area contributed by atoms with Crippen LogP contribution in [0.2, 0.25) is 0 Å². The highest BCUT2D eigenvalue weighted by molar-refractivity contribution is 5.75. The molecule has 1 N–H and O–H groups in total. The van der Waals surface area contributed by atoms with Crippen LogP contribution < -0.4 is 15.0 Å².